The molecule has 0 fully saturated rings. The Morgan fingerprint density at radius 2 is 1.89 bits per heavy atom. The van der Waals surface area contributed by atoms with Gasteiger partial charge in [0.25, 0.3) is 0 Å². The molecule has 1 rings (SSSR count). The van der Waals surface area contributed by atoms with E-state index in [1.165, 1.54) is 12.1 Å². The second-order valence-electron chi connectivity index (χ2n) is 6.06. The molecule has 0 radical (unpaired) electrons. The fraction of sp³-hybridized carbons (Fsp3) is 0.600. The van der Waals surface area contributed by atoms with Gasteiger partial charge in [-0.15, -0.1) is 0 Å². The first-order valence-corrected chi connectivity index (χ1v) is 7.19. The van der Waals surface area contributed by atoms with E-state index in [-0.39, 0.29) is 11.9 Å². The quantitative estimate of drug-likeness (QED) is 0.831. The molecule has 2 unspecified atom stereocenters. The molecule has 0 heterocycles. The minimum absolute atomic E-state index is 0.208. The minimum atomic E-state index is -0.208. The van der Waals surface area contributed by atoms with E-state index in [1.54, 1.807) is 0 Å². The summed E-state index contributed by atoms with van der Waals surface area (Å²) in [4.78, 5) is 0. The van der Waals surface area contributed by atoms with E-state index in [9.17, 15) is 4.39 Å². The predicted molar refractivity (Wildman–Crippen MR) is 79.1 cm³/mol. The van der Waals surface area contributed by atoms with E-state index in [2.05, 4.69) is 55.9 Å². The largest absolute Gasteiger partial charge is 0.310 e. The molecule has 0 saturated carbocycles. The molecule has 0 aliphatic heterocycles. The lowest BCUT2D eigenvalue weighted by Crippen LogP contribution is -2.31. The van der Waals surface area contributed by atoms with Crippen molar-refractivity contribution >= 4 is 15.9 Å². The van der Waals surface area contributed by atoms with Crippen molar-refractivity contribution in [3.63, 3.8) is 0 Å². The van der Waals surface area contributed by atoms with E-state index in [0.717, 1.165) is 16.6 Å². The average molecular weight is 316 g/mol. The standard InChI is InChI=1S/C15H23BrFN/c1-10(15(3,4)5)9-18-11(2)13-7-6-12(17)8-14(13)16/h6-8,10-11,18H,9H2,1-5H3. The van der Waals surface area contributed by atoms with Crippen molar-refractivity contribution in [1.82, 2.24) is 5.32 Å². The van der Waals surface area contributed by atoms with Gasteiger partial charge in [0.1, 0.15) is 5.82 Å². The third kappa shape index (κ3) is 4.36. The maximum absolute atomic E-state index is 13.0. The zero-order valence-corrected chi connectivity index (χ0v) is 13.4. The Balaban J connectivity index is 2.63. The number of hydrogen-bond donors (Lipinski definition) is 1. The Morgan fingerprint density at radius 1 is 1.28 bits per heavy atom. The average Bonchev–Trinajstić information content (AvgIpc) is 2.24. The highest BCUT2D eigenvalue weighted by Gasteiger charge is 2.20. The van der Waals surface area contributed by atoms with Gasteiger partial charge in [0, 0.05) is 10.5 Å². The molecule has 0 amide bonds. The van der Waals surface area contributed by atoms with Crippen molar-refractivity contribution in [2.75, 3.05) is 6.54 Å². The van der Waals surface area contributed by atoms with Crippen LogP contribution < -0.4 is 5.32 Å². The first kappa shape index (κ1) is 15.6. The highest BCUT2D eigenvalue weighted by molar-refractivity contribution is 9.10. The number of rotatable bonds is 4. The van der Waals surface area contributed by atoms with Gasteiger partial charge in [0.2, 0.25) is 0 Å². The van der Waals surface area contributed by atoms with E-state index in [1.807, 2.05) is 6.07 Å². The summed E-state index contributed by atoms with van der Waals surface area (Å²) in [5, 5.41) is 3.51. The molecule has 0 aliphatic carbocycles. The van der Waals surface area contributed by atoms with Crippen molar-refractivity contribution in [2.45, 2.75) is 40.7 Å². The fourth-order valence-electron chi connectivity index (χ4n) is 1.62. The van der Waals surface area contributed by atoms with Crippen LogP contribution in [0.5, 0.6) is 0 Å². The molecule has 1 aromatic rings. The Bertz CT molecular complexity index is 398. The van der Waals surface area contributed by atoms with Crippen molar-refractivity contribution in [3.05, 3.63) is 34.1 Å². The molecular formula is C15H23BrFN. The van der Waals surface area contributed by atoms with E-state index in [4.69, 9.17) is 0 Å². The number of nitrogens with one attached hydrogen (secondary N) is 1. The van der Waals surface area contributed by atoms with Crippen LogP contribution in [0.3, 0.4) is 0 Å². The van der Waals surface area contributed by atoms with Crippen molar-refractivity contribution in [1.29, 1.82) is 0 Å². The van der Waals surface area contributed by atoms with Gasteiger partial charge in [-0.1, -0.05) is 49.7 Å². The summed E-state index contributed by atoms with van der Waals surface area (Å²) in [5.74, 6) is 0.375. The topological polar surface area (TPSA) is 12.0 Å². The lowest BCUT2D eigenvalue weighted by Gasteiger charge is -2.29. The van der Waals surface area contributed by atoms with Crippen molar-refractivity contribution in [3.8, 4) is 0 Å². The predicted octanol–water partition coefficient (Wildman–Crippen LogP) is 4.92. The second-order valence-corrected chi connectivity index (χ2v) is 6.92. The van der Waals surface area contributed by atoms with Crippen LogP contribution in [0.4, 0.5) is 4.39 Å². The summed E-state index contributed by atoms with van der Waals surface area (Å²) < 4.78 is 13.9. The van der Waals surface area contributed by atoms with Crippen LogP contribution >= 0.6 is 15.9 Å². The number of hydrogen-bond acceptors (Lipinski definition) is 1. The van der Waals surface area contributed by atoms with Crippen LogP contribution in [0.15, 0.2) is 22.7 Å². The maximum atomic E-state index is 13.0. The van der Waals surface area contributed by atoms with Crippen molar-refractivity contribution < 1.29 is 4.39 Å². The van der Waals surface area contributed by atoms with Crippen molar-refractivity contribution in [2.24, 2.45) is 11.3 Å². The fourth-order valence-corrected chi connectivity index (χ4v) is 2.32. The molecule has 0 aliphatic rings. The first-order chi connectivity index (χ1) is 8.21. The van der Waals surface area contributed by atoms with Gasteiger partial charge in [-0.2, -0.15) is 0 Å². The molecule has 3 heteroatoms. The second kappa shape index (κ2) is 6.16. The van der Waals surface area contributed by atoms with Gasteiger partial charge in [-0.25, -0.2) is 4.39 Å². The van der Waals surface area contributed by atoms with Gasteiger partial charge in [-0.05, 0) is 42.5 Å². The van der Waals surface area contributed by atoms with Gasteiger partial charge in [0.15, 0.2) is 0 Å². The molecule has 102 valence electrons. The minimum Gasteiger partial charge on any atom is -0.310 e. The molecule has 2 atom stereocenters. The summed E-state index contributed by atoms with van der Waals surface area (Å²) in [5.41, 5.74) is 1.39. The molecule has 0 bridgehead atoms. The van der Waals surface area contributed by atoms with Gasteiger partial charge in [0.05, 0.1) is 0 Å². The Kier molecular flexibility index (Phi) is 5.35. The lowest BCUT2D eigenvalue weighted by molar-refractivity contribution is 0.247. The molecule has 18 heavy (non-hydrogen) atoms. The molecule has 1 nitrogen and oxygen atoms in total. The molecular weight excluding hydrogens is 293 g/mol. The molecule has 1 N–H and O–H groups in total. The Labute approximate surface area is 118 Å². The van der Waals surface area contributed by atoms with Crippen LogP contribution in [-0.4, -0.2) is 6.54 Å². The van der Waals surface area contributed by atoms with Crippen LogP contribution in [0, 0.1) is 17.2 Å². The highest BCUT2D eigenvalue weighted by atomic mass is 79.9. The van der Waals surface area contributed by atoms with E-state index < -0.39 is 0 Å². The van der Waals surface area contributed by atoms with Crippen LogP contribution in [0.25, 0.3) is 0 Å². The number of benzene rings is 1. The molecule has 0 spiro atoms. The van der Waals surface area contributed by atoms with Gasteiger partial charge >= 0.3 is 0 Å². The van der Waals surface area contributed by atoms with Crippen LogP contribution in [0.1, 0.15) is 46.2 Å². The Morgan fingerprint density at radius 3 is 2.39 bits per heavy atom. The lowest BCUT2D eigenvalue weighted by atomic mass is 9.82. The summed E-state index contributed by atoms with van der Waals surface area (Å²) in [7, 11) is 0. The summed E-state index contributed by atoms with van der Waals surface area (Å²) in [6.07, 6.45) is 0. The van der Waals surface area contributed by atoms with E-state index in [0.29, 0.717) is 11.3 Å². The zero-order valence-electron chi connectivity index (χ0n) is 11.8. The third-order valence-corrected chi connectivity index (χ3v) is 4.32. The highest BCUT2D eigenvalue weighted by Crippen LogP contribution is 2.27. The summed E-state index contributed by atoms with van der Waals surface area (Å²) in [6.45, 7) is 12.1. The zero-order chi connectivity index (χ0) is 13.9. The SMILES string of the molecule is CC(NCC(C)C(C)(C)C)c1ccc(F)cc1Br. The third-order valence-electron chi connectivity index (χ3n) is 3.64. The normalized spacial score (nSPS) is 15.5. The smallest absolute Gasteiger partial charge is 0.124 e. The molecule has 0 saturated heterocycles. The molecule has 1 aromatic carbocycles. The monoisotopic (exact) mass is 315 g/mol. The molecule has 0 aromatic heterocycles. The van der Waals surface area contributed by atoms with Gasteiger partial charge < -0.3 is 5.32 Å². The summed E-state index contributed by atoms with van der Waals surface area (Å²) in [6, 6.07) is 5.06. The van der Waals surface area contributed by atoms with E-state index >= 15 is 0 Å². The van der Waals surface area contributed by atoms with Crippen LogP contribution in [-0.2, 0) is 0 Å². The maximum Gasteiger partial charge on any atom is 0.124 e. The summed E-state index contributed by atoms with van der Waals surface area (Å²) >= 11 is 3.41. The van der Waals surface area contributed by atoms with Gasteiger partial charge in [-0.3, -0.25) is 0 Å². The first-order valence-electron chi connectivity index (χ1n) is 6.40. The number of halogens is 2. The Hall–Kier alpha value is -0.410. The van der Waals surface area contributed by atoms with Crippen LogP contribution in [0.2, 0.25) is 0 Å².